The molecule has 0 atom stereocenters. The molecule has 1 amide bonds. The Balaban J connectivity index is 1.20. The van der Waals surface area contributed by atoms with Crippen LogP contribution in [0.2, 0.25) is 0 Å². The number of carbonyl (C=O) groups excluding carboxylic acids is 2. The first-order valence-electron chi connectivity index (χ1n) is 12.4. The fourth-order valence-electron chi connectivity index (χ4n) is 4.02. The van der Waals surface area contributed by atoms with Gasteiger partial charge in [0.05, 0.1) is 18.4 Å². The van der Waals surface area contributed by atoms with E-state index in [9.17, 15) is 18.0 Å². The molecule has 0 bridgehead atoms. The number of anilines is 2. The fraction of sp³-hybridized carbons (Fsp3) is 0.308. The highest BCUT2D eigenvalue weighted by Crippen LogP contribution is 2.22. The van der Waals surface area contributed by atoms with Gasteiger partial charge in [-0.3, -0.25) is 9.59 Å². The molecule has 39 heavy (non-hydrogen) atoms. The maximum absolute atomic E-state index is 12.6. The van der Waals surface area contributed by atoms with Gasteiger partial charge < -0.3 is 25.1 Å². The number of hydrogen-bond acceptors (Lipinski definition) is 10. The van der Waals surface area contributed by atoms with Crippen molar-refractivity contribution in [1.82, 2.24) is 20.2 Å². The number of sulfonamides is 1. The van der Waals surface area contributed by atoms with Gasteiger partial charge in [-0.05, 0) is 66.3 Å². The highest BCUT2D eigenvalue weighted by atomic mass is 32.2. The number of carbonyl (C=O) groups is 2. The largest absolute Gasteiger partial charge is 0.497 e. The Morgan fingerprint density at radius 2 is 1.74 bits per heavy atom. The number of ether oxygens (including phenoxy) is 1. The zero-order chi connectivity index (χ0) is 27.7. The molecule has 0 aliphatic carbocycles. The van der Waals surface area contributed by atoms with E-state index in [1.54, 1.807) is 29.4 Å². The first-order chi connectivity index (χ1) is 18.8. The second-order valence-corrected chi connectivity index (χ2v) is 10.4. The number of nitrogens with one attached hydrogen (secondary N) is 3. The van der Waals surface area contributed by atoms with Gasteiger partial charge in [0.1, 0.15) is 5.75 Å². The third kappa shape index (κ3) is 7.88. The van der Waals surface area contributed by atoms with E-state index in [4.69, 9.17) is 4.74 Å². The molecule has 3 aromatic rings. The molecule has 13 heteroatoms. The van der Waals surface area contributed by atoms with Gasteiger partial charge in [-0.15, -0.1) is 0 Å². The molecule has 0 radical (unpaired) electrons. The molecule has 3 N–H and O–H groups in total. The normalized spacial score (nSPS) is 13.9. The fourth-order valence-corrected chi connectivity index (χ4v) is 4.81. The summed E-state index contributed by atoms with van der Waals surface area (Å²) in [4.78, 5) is 41.7. The number of piperidine rings is 1. The Hall–Kier alpha value is -4.23. The van der Waals surface area contributed by atoms with Crippen LogP contribution in [0.4, 0.5) is 11.6 Å². The molecule has 2 aromatic carbocycles. The third-order valence-corrected chi connectivity index (χ3v) is 7.31. The summed E-state index contributed by atoms with van der Waals surface area (Å²) in [6.07, 6.45) is 4.99. The summed E-state index contributed by atoms with van der Waals surface area (Å²) in [5, 5.41) is 6.01. The monoisotopic (exact) mass is 554 g/mol. The molecule has 1 aromatic heterocycles. The van der Waals surface area contributed by atoms with Crippen LogP contribution in [-0.2, 0) is 19.7 Å². The summed E-state index contributed by atoms with van der Waals surface area (Å²) < 4.78 is 29.5. The van der Waals surface area contributed by atoms with Gasteiger partial charge in [0, 0.05) is 49.3 Å². The summed E-state index contributed by atoms with van der Waals surface area (Å²) in [6.45, 7) is 1.60. The van der Waals surface area contributed by atoms with Gasteiger partial charge in [0.15, 0.2) is 0 Å². The molecule has 1 saturated heterocycles. The lowest BCUT2D eigenvalue weighted by atomic mass is 10.0. The lowest BCUT2D eigenvalue weighted by Crippen LogP contribution is -2.39. The minimum Gasteiger partial charge on any atom is -0.497 e. The van der Waals surface area contributed by atoms with Crippen LogP contribution >= 0.6 is 0 Å². The molecule has 1 fully saturated rings. The molecule has 2 heterocycles. The molecule has 206 valence electrons. The Morgan fingerprint density at radius 1 is 1.03 bits per heavy atom. The maximum atomic E-state index is 12.6. The van der Waals surface area contributed by atoms with E-state index >= 15 is 0 Å². The van der Waals surface area contributed by atoms with E-state index in [1.807, 2.05) is 18.2 Å². The Kier molecular flexibility index (Phi) is 9.28. The topological polar surface area (TPSA) is 152 Å². The highest BCUT2D eigenvalue weighted by molar-refractivity contribution is 7.89. The minimum absolute atomic E-state index is 0.0230. The van der Waals surface area contributed by atoms with Gasteiger partial charge in [-0.1, -0.05) is 6.07 Å². The van der Waals surface area contributed by atoms with E-state index in [2.05, 4.69) is 30.3 Å². The summed E-state index contributed by atoms with van der Waals surface area (Å²) >= 11 is 0. The minimum atomic E-state index is -4.05. The first-order valence-corrected chi connectivity index (χ1v) is 13.8. The molecule has 0 saturated carbocycles. The number of rotatable bonds is 11. The average Bonchev–Trinajstić information content (AvgIpc) is 2.97. The highest BCUT2D eigenvalue weighted by Gasteiger charge is 2.21. The van der Waals surface area contributed by atoms with Crippen molar-refractivity contribution >= 4 is 33.5 Å². The quantitative estimate of drug-likeness (QED) is 0.301. The first kappa shape index (κ1) is 27.8. The molecular weight excluding hydrogens is 524 g/mol. The number of amides is 1. The van der Waals surface area contributed by atoms with Crippen molar-refractivity contribution in [2.45, 2.75) is 30.2 Å². The number of nitrogens with zero attached hydrogens (tertiary/aromatic N) is 3. The molecule has 12 nitrogen and oxygen atoms in total. The van der Waals surface area contributed by atoms with Gasteiger partial charge in [0.25, 0.3) is 15.9 Å². The number of aromatic nitrogens is 2. The summed E-state index contributed by atoms with van der Waals surface area (Å²) in [6, 6.07) is 14.9. The van der Waals surface area contributed by atoms with E-state index < -0.39 is 16.0 Å². The van der Waals surface area contributed by atoms with Gasteiger partial charge in [-0.25, -0.2) is 18.4 Å². The third-order valence-electron chi connectivity index (χ3n) is 6.12. The molecule has 0 unspecified atom stereocenters. The van der Waals surface area contributed by atoms with Gasteiger partial charge in [0.2, 0.25) is 5.95 Å². The van der Waals surface area contributed by atoms with E-state index in [0.717, 1.165) is 31.6 Å². The van der Waals surface area contributed by atoms with Crippen molar-refractivity contribution in [3.05, 3.63) is 72.6 Å². The standard InChI is InChI=1S/C26H30N6O6S/c1-37-22-6-8-23(9-7-22)39(35,36)31-38-24(33)10-15-27-25(34)19-4-2-5-21(18-19)32-16-11-20(12-17-32)30-26-28-13-3-14-29-26/h2-9,13-14,18,20,31H,10-12,15-17H2,1H3,(H,27,34)(H,28,29,30). The van der Waals surface area contributed by atoms with Crippen LogP contribution < -0.4 is 25.2 Å². The molecule has 1 aliphatic heterocycles. The summed E-state index contributed by atoms with van der Waals surface area (Å²) in [5.74, 6) is -0.0728. The van der Waals surface area contributed by atoms with Crippen molar-refractivity contribution in [3.8, 4) is 5.75 Å². The second-order valence-electron chi connectivity index (χ2n) is 8.77. The predicted octanol–water partition coefficient (Wildman–Crippen LogP) is 2.12. The Labute approximate surface area is 226 Å². The van der Waals surface area contributed by atoms with E-state index in [-0.39, 0.29) is 29.8 Å². The van der Waals surface area contributed by atoms with Crippen LogP contribution in [0.15, 0.2) is 71.9 Å². The van der Waals surface area contributed by atoms with E-state index in [1.165, 1.54) is 31.4 Å². The van der Waals surface area contributed by atoms with Crippen molar-refractivity contribution in [1.29, 1.82) is 0 Å². The maximum Gasteiger partial charge on any atom is 0.327 e. The lowest BCUT2D eigenvalue weighted by Gasteiger charge is -2.34. The van der Waals surface area contributed by atoms with Gasteiger partial charge in [-0.2, -0.15) is 0 Å². The van der Waals surface area contributed by atoms with Crippen molar-refractivity contribution in [2.75, 3.05) is 37.0 Å². The number of methoxy groups -OCH3 is 1. The lowest BCUT2D eigenvalue weighted by molar-refractivity contribution is -0.146. The van der Waals surface area contributed by atoms with Crippen molar-refractivity contribution in [2.24, 2.45) is 0 Å². The van der Waals surface area contributed by atoms with Crippen LogP contribution in [0.1, 0.15) is 29.6 Å². The van der Waals surface area contributed by atoms with Crippen molar-refractivity contribution in [3.63, 3.8) is 0 Å². The molecule has 0 spiro atoms. The number of hydrogen-bond donors (Lipinski definition) is 3. The Morgan fingerprint density at radius 3 is 2.44 bits per heavy atom. The van der Waals surface area contributed by atoms with Crippen LogP contribution in [0.5, 0.6) is 5.75 Å². The summed E-state index contributed by atoms with van der Waals surface area (Å²) in [5.41, 5.74) is 1.39. The second kappa shape index (κ2) is 13.0. The Bertz CT molecular complexity index is 1360. The number of benzene rings is 2. The van der Waals surface area contributed by atoms with Crippen LogP contribution in [-0.4, -0.2) is 63.0 Å². The molecule has 4 rings (SSSR count). The average molecular weight is 555 g/mol. The zero-order valence-electron chi connectivity index (χ0n) is 21.4. The van der Waals surface area contributed by atoms with Crippen molar-refractivity contribution < 1.29 is 27.6 Å². The van der Waals surface area contributed by atoms with Gasteiger partial charge >= 0.3 is 5.97 Å². The SMILES string of the molecule is COc1ccc(S(=O)(=O)NOC(=O)CCNC(=O)c2cccc(N3CCC(Nc4ncccn4)CC3)c2)cc1. The summed E-state index contributed by atoms with van der Waals surface area (Å²) in [7, 11) is -2.59. The predicted molar refractivity (Wildman–Crippen MR) is 144 cm³/mol. The molecular formula is C26H30N6O6S. The smallest absolute Gasteiger partial charge is 0.327 e. The zero-order valence-corrected chi connectivity index (χ0v) is 22.2. The van der Waals surface area contributed by atoms with Crippen LogP contribution in [0, 0.1) is 0 Å². The van der Waals surface area contributed by atoms with Crippen LogP contribution in [0.3, 0.4) is 0 Å². The van der Waals surface area contributed by atoms with Crippen LogP contribution in [0.25, 0.3) is 0 Å². The molecule has 1 aliphatic rings. The van der Waals surface area contributed by atoms with E-state index in [0.29, 0.717) is 17.3 Å².